The molecular weight excluding hydrogens is 256 g/mol. The van der Waals surface area contributed by atoms with Gasteiger partial charge < -0.3 is 10.6 Å². The van der Waals surface area contributed by atoms with E-state index in [1.165, 1.54) is 22.4 Å². The smallest absolute Gasteiger partial charge is 0.0667 e. The Bertz CT molecular complexity index is 577. The minimum Gasteiger partial charge on any atom is -0.363 e. The van der Waals surface area contributed by atoms with Crippen LogP contribution in [0.5, 0.6) is 0 Å². The summed E-state index contributed by atoms with van der Waals surface area (Å²) in [6.45, 7) is 8.14. The van der Waals surface area contributed by atoms with Crippen LogP contribution in [0.1, 0.15) is 36.6 Å². The Morgan fingerprint density at radius 1 is 1.00 bits per heavy atom. The fraction of sp³-hybridized carbons (Fsp3) is 0.368. The first-order valence-electron chi connectivity index (χ1n) is 7.83. The van der Waals surface area contributed by atoms with E-state index < -0.39 is 0 Å². The van der Waals surface area contributed by atoms with Gasteiger partial charge in [0.2, 0.25) is 0 Å². The third kappa shape index (κ3) is 3.27. The second-order valence-electron chi connectivity index (χ2n) is 5.38. The van der Waals surface area contributed by atoms with Crippen molar-refractivity contribution in [3.63, 3.8) is 0 Å². The molecule has 2 nitrogen and oxygen atoms in total. The van der Waals surface area contributed by atoms with Crippen LogP contribution in [0.2, 0.25) is 0 Å². The van der Waals surface area contributed by atoms with E-state index in [0.29, 0.717) is 6.54 Å². The van der Waals surface area contributed by atoms with Gasteiger partial charge in [-0.05, 0) is 43.0 Å². The Morgan fingerprint density at radius 3 is 2.29 bits per heavy atom. The first-order valence-corrected chi connectivity index (χ1v) is 7.83. The monoisotopic (exact) mass is 282 g/mol. The summed E-state index contributed by atoms with van der Waals surface area (Å²) in [6.07, 6.45) is 1.04. The number of nitrogens with two attached hydrogens (primary N) is 1. The minimum atomic E-state index is 0.229. The second-order valence-corrected chi connectivity index (χ2v) is 5.38. The lowest BCUT2D eigenvalue weighted by Crippen LogP contribution is -2.34. The average molecular weight is 282 g/mol. The van der Waals surface area contributed by atoms with E-state index in [2.05, 4.69) is 74.2 Å². The van der Waals surface area contributed by atoms with E-state index in [1.54, 1.807) is 0 Å². The van der Waals surface area contributed by atoms with Gasteiger partial charge in [0.15, 0.2) is 0 Å². The fourth-order valence-corrected chi connectivity index (χ4v) is 3.05. The van der Waals surface area contributed by atoms with Gasteiger partial charge in [0.25, 0.3) is 0 Å². The molecule has 2 aromatic rings. The first kappa shape index (κ1) is 15.6. The number of para-hydroxylation sites is 1. The predicted octanol–water partition coefficient (Wildman–Crippen LogP) is 4.08. The zero-order valence-electron chi connectivity index (χ0n) is 13.3. The molecule has 2 rings (SSSR count). The van der Waals surface area contributed by atoms with E-state index in [-0.39, 0.29) is 6.04 Å². The molecule has 1 atom stereocenters. The van der Waals surface area contributed by atoms with Gasteiger partial charge in [-0.15, -0.1) is 0 Å². The first-order chi connectivity index (χ1) is 10.2. The van der Waals surface area contributed by atoms with Crippen LogP contribution in [0.3, 0.4) is 0 Å². The molecule has 2 heteroatoms. The molecule has 0 saturated heterocycles. The molecule has 1 unspecified atom stereocenters. The SMILES string of the molecule is CCc1ccccc1C(CN)N(CC)c1ccccc1C. The summed E-state index contributed by atoms with van der Waals surface area (Å²) >= 11 is 0. The highest BCUT2D eigenvalue weighted by Crippen LogP contribution is 2.30. The highest BCUT2D eigenvalue weighted by atomic mass is 15.2. The molecule has 0 fully saturated rings. The molecule has 0 heterocycles. The van der Waals surface area contributed by atoms with Gasteiger partial charge in [-0.3, -0.25) is 0 Å². The maximum atomic E-state index is 6.15. The van der Waals surface area contributed by atoms with Gasteiger partial charge >= 0.3 is 0 Å². The number of hydrogen-bond acceptors (Lipinski definition) is 2. The third-order valence-electron chi connectivity index (χ3n) is 4.16. The lowest BCUT2D eigenvalue weighted by molar-refractivity contribution is 0.636. The Labute approximate surface area is 128 Å². The van der Waals surface area contributed by atoms with Crippen LogP contribution >= 0.6 is 0 Å². The van der Waals surface area contributed by atoms with Crippen molar-refractivity contribution in [2.45, 2.75) is 33.2 Å². The van der Waals surface area contributed by atoms with Crippen molar-refractivity contribution in [2.24, 2.45) is 5.73 Å². The number of likely N-dealkylation sites (N-methyl/N-ethyl adjacent to an activating group) is 1. The Hall–Kier alpha value is -1.80. The molecule has 112 valence electrons. The maximum Gasteiger partial charge on any atom is 0.0667 e. The second kappa shape index (κ2) is 7.28. The van der Waals surface area contributed by atoms with E-state index in [4.69, 9.17) is 5.73 Å². The number of rotatable bonds is 6. The molecule has 0 aliphatic heterocycles. The zero-order chi connectivity index (χ0) is 15.2. The number of benzene rings is 2. The number of hydrogen-bond donors (Lipinski definition) is 1. The van der Waals surface area contributed by atoms with Gasteiger partial charge in [-0.2, -0.15) is 0 Å². The van der Waals surface area contributed by atoms with Gasteiger partial charge in [0.1, 0.15) is 0 Å². The molecule has 21 heavy (non-hydrogen) atoms. The van der Waals surface area contributed by atoms with Crippen molar-refractivity contribution in [3.8, 4) is 0 Å². The summed E-state index contributed by atoms with van der Waals surface area (Å²) in [6, 6.07) is 17.4. The van der Waals surface area contributed by atoms with Gasteiger partial charge in [-0.25, -0.2) is 0 Å². The summed E-state index contributed by atoms with van der Waals surface area (Å²) in [5.74, 6) is 0. The van der Waals surface area contributed by atoms with Gasteiger partial charge in [-0.1, -0.05) is 49.4 Å². The lowest BCUT2D eigenvalue weighted by atomic mass is 9.96. The summed E-state index contributed by atoms with van der Waals surface area (Å²) in [5.41, 5.74) is 11.5. The molecule has 0 bridgehead atoms. The Balaban J connectivity index is 2.45. The fourth-order valence-electron chi connectivity index (χ4n) is 3.05. The largest absolute Gasteiger partial charge is 0.363 e. The number of nitrogens with zero attached hydrogens (tertiary/aromatic N) is 1. The van der Waals surface area contributed by atoms with Crippen LogP contribution in [0, 0.1) is 6.92 Å². The van der Waals surface area contributed by atoms with E-state index in [9.17, 15) is 0 Å². The molecule has 0 radical (unpaired) electrons. The van der Waals surface area contributed by atoms with Crippen molar-refractivity contribution in [1.82, 2.24) is 0 Å². The molecule has 0 aromatic heterocycles. The Kier molecular flexibility index (Phi) is 5.40. The van der Waals surface area contributed by atoms with Crippen LogP contribution in [0.15, 0.2) is 48.5 Å². The number of aryl methyl sites for hydroxylation is 2. The van der Waals surface area contributed by atoms with Crippen molar-refractivity contribution in [3.05, 3.63) is 65.2 Å². The van der Waals surface area contributed by atoms with E-state index >= 15 is 0 Å². The topological polar surface area (TPSA) is 29.3 Å². The minimum absolute atomic E-state index is 0.229. The van der Waals surface area contributed by atoms with Crippen LogP contribution in [0.25, 0.3) is 0 Å². The maximum absolute atomic E-state index is 6.15. The summed E-state index contributed by atoms with van der Waals surface area (Å²) in [5, 5.41) is 0. The molecule has 0 spiro atoms. The normalized spacial score (nSPS) is 12.2. The highest BCUT2D eigenvalue weighted by molar-refractivity contribution is 5.55. The van der Waals surface area contributed by atoms with Gasteiger partial charge in [0.05, 0.1) is 6.04 Å². The van der Waals surface area contributed by atoms with Gasteiger partial charge in [0, 0.05) is 18.8 Å². The summed E-state index contributed by atoms with van der Waals surface area (Å²) < 4.78 is 0. The Morgan fingerprint density at radius 2 is 1.67 bits per heavy atom. The molecule has 0 amide bonds. The van der Waals surface area contributed by atoms with Crippen molar-refractivity contribution < 1.29 is 0 Å². The number of anilines is 1. The molecule has 2 N–H and O–H groups in total. The van der Waals surface area contributed by atoms with Crippen LogP contribution in [-0.4, -0.2) is 13.1 Å². The highest BCUT2D eigenvalue weighted by Gasteiger charge is 2.21. The summed E-state index contributed by atoms with van der Waals surface area (Å²) in [7, 11) is 0. The van der Waals surface area contributed by atoms with E-state index in [1.807, 2.05) is 0 Å². The van der Waals surface area contributed by atoms with Crippen molar-refractivity contribution in [1.29, 1.82) is 0 Å². The van der Waals surface area contributed by atoms with Crippen LogP contribution < -0.4 is 10.6 Å². The third-order valence-corrected chi connectivity index (χ3v) is 4.16. The van der Waals surface area contributed by atoms with Crippen LogP contribution in [-0.2, 0) is 6.42 Å². The van der Waals surface area contributed by atoms with E-state index in [0.717, 1.165) is 13.0 Å². The summed E-state index contributed by atoms with van der Waals surface area (Å²) in [4.78, 5) is 2.42. The molecule has 2 aromatic carbocycles. The molecule has 0 aliphatic carbocycles. The standard InChI is InChI=1S/C19H26N2/c1-4-16-11-7-8-12-17(16)19(14-20)21(5-2)18-13-9-6-10-15(18)3/h6-13,19H,4-5,14,20H2,1-3H3. The molecule has 0 saturated carbocycles. The predicted molar refractivity (Wildman–Crippen MR) is 91.8 cm³/mol. The molecule has 0 aliphatic rings. The molecular formula is C19H26N2. The lowest BCUT2D eigenvalue weighted by Gasteiger charge is -2.34. The zero-order valence-corrected chi connectivity index (χ0v) is 13.3. The van der Waals surface area contributed by atoms with Crippen molar-refractivity contribution in [2.75, 3.05) is 18.0 Å². The average Bonchev–Trinajstić information content (AvgIpc) is 2.53. The quantitative estimate of drug-likeness (QED) is 0.865. The van der Waals surface area contributed by atoms with Crippen molar-refractivity contribution >= 4 is 5.69 Å². The van der Waals surface area contributed by atoms with Crippen LogP contribution in [0.4, 0.5) is 5.69 Å².